The highest BCUT2D eigenvalue weighted by atomic mass is 16.6. The molecule has 25 heavy (non-hydrogen) atoms. The Hall–Kier alpha value is -1.43. The van der Waals surface area contributed by atoms with Gasteiger partial charge in [0.15, 0.2) is 6.29 Å². The lowest BCUT2D eigenvalue weighted by Gasteiger charge is -2.24. The van der Waals surface area contributed by atoms with Crippen molar-refractivity contribution in [3.8, 4) is 0 Å². The van der Waals surface area contributed by atoms with E-state index in [1.165, 1.54) is 0 Å². The molecule has 0 spiro atoms. The molecular weight excluding hydrogens is 316 g/mol. The molecule has 5 heteroatoms. The summed E-state index contributed by atoms with van der Waals surface area (Å²) in [6.45, 7) is 11.0. The minimum Gasteiger partial charge on any atom is -0.364 e. The third-order valence-electron chi connectivity index (χ3n) is 4.07. The fraction of sp³-hybridized carbons (Fsp3) is 0.650. The Morgan fingerprint density at radius 3 is 2.24 bits per heavy atom. The molecule has 0 saturated carbocycles. The monoisotopic (exact) mass is 350 g/mol. The number of aliphatic hydroxyl groups excluding tert-OH is 1. The molecule has 0 aliphatic carbocycles. The van der Waals surface area contributed by atoms with Crippen LogP contribution in [0.15, 0.2) is 24.3 Å². The van der Waals surface area contributed by atoms with E-state index in [0.29, 0.717) is 6.54 Å². The van der Waals surface area contributed by atoms with E-state index in [9.17, 15) is 9.90 Å². The fourth-order valence-electron chi connectivity index (χ4n) is 2.57. The van der Waals surface area contributed by atoms with E-state index in [2.05, 4.69) is 26.1 Å². The summed E-state index contributed by atoms with van der Waals surface area (Å²) < 4.78 is 5.41. The number of amides is 1. The zero-order valence-electron chi connectivity index (χ0n) is 16.2. The molecule has 0 aliphatic heterocycles. The zero-order chi connectivity index (χ0) is 19.0. The van der Waals surface area contributed by atoms with Gasteiger partial charge in [0.2, 0.25) is 5.91 Å². The molecule has 0 bridgehead atoms. The van der Waals surface area contributed by atoms with Gasteiger partial charge in [0.25, 0.3) is 0 Å². The van der Waals surface area contributed by atoms with E-state index in [-0.39, 0.29) is 29.9 Å². The van der Waals surface area contributed by atoms with Gasteiger partial charge in [-0.2, -0.15) is 0 Å². The maximum absolute atomic E-state index is 11.5. The van der Waals surface area contributed by atoms with Crippen molar-refractivity contribution >= 4 is 5.91 Å². The largest absolute Gasteiger partial charge is 0.364 e. The first-order valence-electron chi connectivity index (χ1n) is 9.02. The summed E-state index contributed by atoms with van der Waals surface area (Å²) in [6, 6.07) is 7.78. The predicted octanol–water partition coefficient (Wildman–Crippen LogP) is 3.09. The lowest BCUT2D eigenvalue weighted by Crippen LogP contribution is -2.33. The summed E-state index contributed by atoms with van der Waals surface area (Å²) in [5.41, 5.74) is 7.49. The summed E-state index contributed by atoms with van der Waals surface area (Å²) in [4.78, 5) is 11.5. The smallest absolute Gasteiger partial charge is 0.233 e. The van der Waals surface area contributed by atoms with Crippen LogP contribution < -0.4 is 11.1 Å². The molecule has 1 aromatic carbocycles. The van der Waals surface area contributed by atoms with Crippen molar-refractivity contribution in [2.24, 2.45) is 11.1 Å². The number of carbonyl (C=O) groups is 1. The van der Waals surface area contributed by atoms with E-state index in [4.69, 9.17) is 10.5 Å². The van der Waals surface area contributed by atoms with Gasteiger partial charge in [0.1, 0.15) is 0 Å². The molecule has 4 N–H and O–H groups in total. The van der Waals surface area contributed by atoms with E-state index in [0.717, 1.165) is 24.0 Å². The Kier molecular flexibility index (Phi) is 8.56. The molecule has 0 aliphatic rings. The molecule has 1 amide bonds. The minimum atomic E-state index is -0.918. The minimum absolute atomic E-state index is 0.00363. The van der Waals surface area contributed by atoms with Crippen LogP contribution in [0.5, 0.6) is 0 Å². The Morgan fingerprint density at radius 1 is 1.20 bits per heavy atom. The highest BCUT2D eigenvalue weighted by Crippen LogP contribution is 2.29. The van der Waals surface area contributed by atoms with Crippen LogP contribution in [0.2, 0.25) is 0 Å². The van der Waals surface area contributed by atoms with E-state index < -0.39 is 6.29 Å². The summed E-state index contributed by atoms with van der Waals surface area (Å²) in [5, 5.41) is 12.9. The Labute approximate surface area is 151 Å². The van der Waals surface area contributed by atoms with Crippen LogP contribution in [0.4, 0.5) is 0 Å². The molecule has 0 radical (unpaired) electrons. The number of benzene rings is 1. The van der Waals surface area contributed by atoms with Gasteiger partial charge in [-0.05, 0) is 37.7 Å². The molecular formula is C20H34N2O3. The van der Waals surface area contributed by atoms with Crippen LogP contribution in [0.3, 0.4) is 0 Å². The van der Waals surface area contributed by atoms with Crippen LogP contribution in [0, 0.1) is 5.41 Å². The summed E-state index contributed by atoms with van der Waals surface area (Å²) >= 11 is 0. The van der Waals surface area contributed by atoms with Crippen LogP contribution >= 0.6 is 0 Å². The normalized spacial score (nSPS) is 14.4. The van der Waals surface area contributed by atoms with E-state index in [1.807, 2.05) is 38.1 Å². The van der Waals surface area contributed by atoms with Crippen LogP contribution in [-0.4, -0.2) is 30.2 Å². The van der Waals surface area contributed by atoms with Crippen molar-refractivity contribution in [1.82, 2.24) is 5.32 Å². The molecule has 0 saturated heterocycles. The number of hydrogen-bond acceptors (Lipinski definition) is 4. The number of carbonyl (C=O) groups excluding carboxylic acids is 1. The Bertz CT molecular complexity index is 521. The quantitative estimate of drug-likeness (QED) is 0.598. The molecule has 142 valence electrons. The Morgan fingerprint density at radius 2 is 1.76 bits per heavy atom. The van der Waals surface area contributed by atoms with Gasteiger partial charge >= 0.3 is 0 Å². The van der Waals surface area contributed by atoms with Gasteiger partial charge in [-0.15, -0.1) is 0 Å². The van der Waals surface area contributed by atoms with Gasteiger partial charge in [0, 0.05) is 18.0 Å². The molecule has 2 unspecified atom stereocenters. The lowest BCUT2D eigenvalue weighted by atomic mass is 9.84. The second-order valence-electron chi connectivity index (χ2n) is 8.01. The second-order valence-corrected chi connectivity index (χ2v) is 8.01. The van der Waals surface area contributed by atoms with Crippen molar-refractivity contribution in [2.75, 3.05) is 13.1 Å². The van der Waals surface area contributed by atoms with Crippen LogP contribution in [0.25, 0.3) is 0 Å². The molecule has 2 atom stereocenters. The molecule has 5 nitrogen and oxygen atoms in total. The van der Waals surface area contributed by atoms with Crippen molar-refractivity contribution in [3.63, 3.8) is 0 Å². The fourth-order valence-corrected chi connectivity index (χ4v) is 2.57. The highest BCUT2D eigenvalue weighted by Gasteiger charge is 2.18. The number of ether oxygens (including phenoxy) is 1. The first kappa shape index (κ1) is 21.6. The van der Waals surface area contributed by atoms with E-state index >= 15 is 0 Å². The first-order valence-corrected chi connectivity index (χ1v) is 9.02. The summed E-state index contributed by atoms with van der Waals surface area (Å²) in [5.74, 6) is 0.0741. The van der Waals surface area contributed by atoms with E-state index in [1.54, 1.807) is 0 Å². The third kappa shape index (κ3) is 8.47. The predicted molar refractivity (Wildman–Crippen MR) is 101 cm³/mol. The van der Waals surface area contributed by atoms with Crippen molar-refractivity contribution < 1.29 is 14.6 Å². The first-order chi connectivity index (χ1) is 11.6. The number of aliphatic hydroxyl groups is 1. The maximum atomic E-state index is 11.5. The van der Waals surface area contributed by atoms with Gasteiger partial charge in [0.05, 0.1) is 12.6 Å². The molecule has 0 fully saturated rings. The second kappa shape index (κ2) is 9.90. The number of nitrogens with two attached hydrogens (primary N) is 1. The SMILES string of the molecule is CC(C)OC(O)c1ccc(C(CCC(C)(C)C)CNC(=O)CN)cc1. The van der Waals surface area contributed by atoms with Crippen LogP contribution in [-0.2, 0) is 9.53 Å². The third-order valence-corrected chi connectivity index (χ3v) is 4.07. The molecule has 1 rings (SSSR count). The number of hydrogen-bond donors (Lipinski definition) is 3. The van der Waals surface area contributed by atoms with Crippen molar-refractivity contribution in [2.45, 2.75) is 65.8 Å². The standard InChI is InChI=1S/C20H34N2O3/c1-14(2)25-19(24)16-8-6-15(7-9-16)17(10-11-20(3,4)5)13-22-18(23)12-21/h6-9,14,17,19,24H,10-13,21H2,1-5H3,(H,22,23). The number of rotatable bonds is 9. The average molecular weight is 351 g/mol. The topological polar surface area (TPSA) is 84.6 Å². The Balaban J connectivity index is 2.83. The van der Waals surface area contributed by atoms with Gasteiger partial charge in [-0.25, -0.2) is 0 Å². The van der Waals surface area contributed by atoms with Gasteiger partial charge in [-0.3, -0.25) is 4.79 Å². The molecule has 1 aromatic rings. The number of nitrogens with one attached hydrogen (secondary N) is 1. The van der Waals surface area contributed by atoms with Crippen molar-refractivity contribution in [1.29, 1.82) is 0 Å². The van der Waals surface area contributed by atoms with Gasteiger partial charge < -0.3 is 20.9 Å². The summed E-state index contributed by atoms with van der Waals surface area (Å²) in [6.07, 6.45) is 1.06. The highest BCUT2D eigenvalue weighted by molar-refractivity contribution is 5.77. The van der Waals surface area contributed by atoms with Gasteiger partial charge in [-0.1, -0.05) is 45.0 Å². The molecule has 0 heterocycles. The lowest BCUT2D eigenvalue weighted by molar-refractivity contribution is -0.129. The maximum Gasteiger partial charge on any atom is 0.233 e. The average Bonchev–Trinajstić information content (AvgIpc) is 2.53. The summed E-state index contributed by atoms with van der Waals surface area (Å²) in [7, 11) is 0. The molecule has 0 aromatic heterocycles. The van der Waals surface area contributed by atoms with Crippen molar-refractivity contribution in [3.05, 3.63) is 35.4 Å². The van der Waals surface area contributed by atoms with Crippen LogP contribution in [0.1, 0.15) is 70.8 Å². The zero-order valence-corrected chi connectivity index (χ0v) is 16.2.